The molecule has 0 aliphatic heterocycles. The van der Waals surface area contributed by atoms with Crippen LogP contribution in [0.15, 0.2) is 35.5 Å². The molecule has 0 radical (unpaired) electrons. The van der Waals surface area contributed by atoms with Crippen LogP contribution in [0.25, 0.3) is 10.8 Å². The van der Waals surface area contributed by atoms with Gasteiger partial charge in [0.05, 0.1) is 37.1 Å². The minimum absolute atomic E-state index is 0.114. The van der Waals surface area contributed by atoms with Crippen molar-refractivity contribution in [2.24, 2.45) is 0 Å². The summed E-state index contributed by atoms with van der Waals surface area (Å²) in [6, 6.07) is 4.46. The molecule has 0 aliphatic carbocycles. The van der Waals surface area contributed by atoms with E-state index in [0.717, 1.165) is 17.0 Å². The molecular weight excluding hydrogens is 424 g/mol. The first-order valence-corrected chi connectivity index (χ1v) is 14.0. The van der Waals surface area contributed by atoms with E-state index in [-0.39, 0.29) is 12.3 Å². The number of rotatable bonds is 11. The van der Waals surface area contributed by atoms with Crippen LogP contribution in [-0.2, 0) is 32.2 Å². The molecule has 2 rings (SSSR count). The summed E-state index contributed by atoms with van der Waals surface area (Å²) in [5.41, 5.74) is 0.603. The fourth-order valence-corrected chi connectivity index (χ4v) is 3.68. The fraction of sp³-hybridized carbons (Fsp3) is 0.476. The maximum Gasteiger partial charge on any atom is 0.333 e. The Hall–Kier alpha value is -2.16. The van der Waals surface area contributed by atoms with Crippen molar-refractivity contribution in [3.05, 3.63) is 51.6 Å². The van der Waals surface area contributed by atoms with E-state index in [0.29, 0.717) is 36.7 Å². The van der Waals surface area contributed by atoms with E-state index in [1.807, 2.05) is 0 Å². The van der Waals surface area contributed by atoms with Crippen LogP contribution >= 0.6 is 11.6 Å². The van der Waals surface area contributed by atoms with Gasteiger partial charge in [-0.2, -0.15) is 5.10 Å². The van der Waals surface area contributed by atoms with E-state index in [4.69, 9.17) is 25.8 Å². The SMILES string of the molecule is CCOC(=O)/C=C/OCCc1cc(Cl)cc2c(=O)n(COCC[Si](C)(C)C)ncc12. The van der Waals surface area contributed by atoms with Crippen molar-refractivity contribution in [3.63, 3.8) is 0 Å². The van der Waals surface area contributed by atoms with Gasteiger partial charge in [0.25, 0.3) is 5.56 Å². The molecule has 1 aromatic heterocycles. The van der Waals surface area contributed by atoms with E-state index in [1.54, 1.807) is 25.3 Å². The third-order valence-electron chi connectivity index (χ3n) is 4.31. The van der Waals surface area contributed by atoms with Gasteiger partial charge >= 0.3 is 5.97 Å². The second-order valence-corrected chi connectivity index (χ2v) is 14.1. The standard InChI is InChI=1S/C21H29ClN2O5Si/c1-5-29-20(25)7-9-27-8-6-16-12-17(22)13-18-19(16)14-23-24(21(18)26)15-28-10-11-30(2,3)4/h7,9,12-14H,5-6,8,10-11,15H2,1-4H3/b9-7+. The average molecular weight is 453 g/mol. The Kier molecular flexibility index (Phi) is 9.07. The lowest BCUT2D eigenvalue weighted by Gasteiger charge is -2.15. The first-order valence-electron chi connectivity index (χ1n) is 9.92. The Morgan fingerprint density at radius 2 is 2.00 bits per heavy atom. The molecule has 1 aromatic carbocycles. The minimum atomic E-state index is -1.19. The molecule has 7 nitrogen and oxygen atoms in total. The summed E-state index contributed by atoms with van der Waals surface area (Å²) < 4.78 is 17.1. The number of benzene rings is 1. The Morgan fingerprint density at radius 1 is 1.23 bits per heavy atom. The predicted molar refractivity (Wildman–Crippen MR) is 121 cm³/mol. The highest BCUT2D eigenvalue weighted by Gasteiger charge is 2.13. The van der Waals surface area contributed by atoms with Crippen LogP contribution in [0.2, 0.25) is 30.7 Å². The van der Waals surface area contributed by atoms with E-state index in [1.165, 1.54) is 17.0 Å². The number of nitrogens with zero attached hydrogens (tertiary/aromatic N) is 2. The molecule has 0 atom stereocenters. The van der Waals surface area contributed by atoms with Gasteiger partial charge in [0.1, 0.15) is 6.73 Å². The number of hydrogen-bond donors (Lipinski definition) is 0. The molecule has 0 unspecified atom stereocenters. The van der Waals surface area contributed by atoms with Gasteiger partial charge in [0.15, 0.2) is 0 Å². The largest absolute Gasteiger partial charge is 0.501 e. The second-order valence-electron chi connectivity index (χ2n) is 8.00. The molecule has 0 amide bonds. The quantitative estimate of drug-likeness (QED) is 0.168. The Balaban J connectivity index is 2.06. The molecule has 0 saturated heterocycles. The maximum atomic E-state index is 12.8. The second kappa shape index (κ2) is 11.3. The zero-order chi connectivity index (χ0) is 22.1. The van der Waals surface area contributed by atoms with Crippen molar-refractivity contribution < 1.29 is 19.0 Å². The highest BCUT2D eigenvalue weighted by molar-refractivity contribution is 6.76. The molecule has 2 aromatic rings. The molecule has 164 valence electrons. The summed E-state index contributed by atoms with van der Waals surface area (Å²) in [5.74, 6) is -0.456. The van der Waals surface area contributed by atoms with Crippen LogP contribution in [0.3, 0.4) is 0 Å². The van der Waals surface area contributed by atoms with Crippen LogP contribution in [-0.4, -0.2) is 43.6 Å². The van der Waals surface area contributed by atoms with E-state index < -0.39 is 14.0 Å². The maximum absolute atomic E-state index is 12.8. The van der Waals surface area contributed by atoms with Crippen molar-refractivity contribution in [1.29, 1.82) is 0 Å². The van der Waals surface area contributed by atoms with Gasteiger partial charge in [-0.15, -0.1) is 0 Å². The molecule has 0 saturated carbocycles. The Morgan fingerprint density at radius 3 is 2.70 bits per heavy atom. The van der Waals surface area contributed by atoms with Crippen molar-refractivity contribution in [2.45, 2.75) is 45.8 Å². The first kappa shape index (κ1) is 24.1. The van der Waals surface area contributed by atoms with Gasteiger partial charge < -0.3 is 14.2 Å². The summed E-state index contributed by atoms with van der Waals surface area (Å²) in [6.45, 7) is 9.91. The number of carbonyl (C=O) groups excluding carboxylic acids is 1. The van der Waals surface area contributed by atoms with E-state index >= 15 is 0 Å². The van der Waals surface area contributed by atoms with Gasteiger partial charge in [-0.1, -0.05) is 31.2 Å². The number of esters is 1. The molecule has 0 spiro atoms. The van der Waals surface area contributed by atoms with Crippen molar-refractivity contribution in [2.75, 3.05) is 19.8 Å². The summed E-state index contributed by atoms with van der Waals surface area (Å²) >= 11 is 6.23. The van der Waals surface area contributed by atoms with Gasteiger partial charge in [0.2, 0.25) is 0 Å². The number of halogens is 1. The van der Waals surface area contributed by atoms with Gasteiger partial charge in [-0.05, 0) is 30.7 Å². The van der Waals surface area contributed by atoms with Crippen molar-refractivity contribution >= 4 is 36.4 Å². The zero-order valence-electron chi connectivity index (χ0n) is 17.9. The lowest BCUT2D eigenvalue weighted by Crippen LogP contribution is -2.26. The Labute approximate surface area is 182 Å². The average Bonchev–Trinajstić information content (AvgIpc) is 2.66. The normalized spacial score (nSPS) is 11.9. The summed E-state index contributed by atoms with van der Waals surface area (Å²) in [5, 5.41) is 5.93. The number of carbonyl (C=O) groups is 1. The minimum Gasteiger partial charge on any atom is -0.501 e. The van der Waals surface area contributed by atoms with Crippen LogP contribution in [0.4, 0.5) is 0 Å². The Bertz CT molecular complexity index is 953. The zero-order valence-corrected chi connectivity index (χ0v) is 19.7. The van der Waals surface area contributed by atoms with E-state index in [2.05, 4.69) is 24.7 Å². The molecule has 0 fully saturated rings. The third-order valence-corrected chi connectivity index (χ3v) is 6.23. The molecular formula is C21H29ClN2O5Si. The topological polar surface area (TPSA) is 79.7 Å². The predicted octanol–water partition coefficient (Wildman–Crippen LogP) is 4.00. The monoisotopic (exact) mass is 452 g/mol. The van der Waals surface area contributed by atoms with E-state index in [9.17, 15) is 9.59 Å². The van der Waals surface area contributed by atoms with Gasteiger partial charge in [0, 0.05) is 31.5 Å². The van der Waals surface area contributed by atoms with Crippen LogP contribution in [0.5, 0.6) is 0 Å². The van der Waals surface area contributed by atoms with Gasteiger partial charge in [-0.25, -0.2) is 9.48 Å². The van der Waals surface area contributed by atoms with Crippen LogP contribution in [0, 0.1) is 0 Å². The van der Waals surface area contributed by atoms with Gasteiger partial charge in [-0.3, -0.25) is 4.79 Å². The molecule has 30 heavy (non-hydrogen) atoms. The lowest BCUT2D eigenvalue weighted by molar-refractivity contribution is -0.137. The summed E-state index contributed by atoms with van der Waals surface area (Å²) in [6.07, 6.45) is 4.68. The molecule has 9 heteroatoms. The van der Waals surface area contributed by atoms with Crippen molar-refractivity contribution in [3.8, 4) is 0 Å². The molecule has 0 N–H and O–H groups in total. The number of aromatic nitrogens is 2. The number of fused-ring (bicyclic) bond motifs is 1. The summed E-state index contributed by atoms with van der Waals surface area (Å²) in [7, 11) is -1.19. The molecule has 1 heterocycles. The molecule has 0 bridgehead atoms. The smallest absolute Gasteiger partial charge is 0.333 e. The lowest BCUT2D eigenvalue weighted by atomic mass is 10.1. The highest BCUT2D eigenvalue weighted by Crippen LogP contribution is 2.22. The van der Waals surface area contributed by atoms with Crippen LogP contribution in [0.1, 0.15) is 12.5 Å². The first-order chi connectivity index (χ1) is 14.2. The number of ether oxygens (including phenoxy) is 3. The van der Waals surface area contributed by atoms with Crippen LogP contribution < -0.4 is 5.56 Å². The third kappa shape index (κ3) is 7.59. The summed E-state index contributed by atoms with van der Waals surface area (Å²) in [4.78, 5) is 24.1. The number of hydrogen-bond acceptors (Lipinski definition) is 6. The van der Waals surface area contributed by atoms with Crippen molar-refractivity contribution in [1.82, 2.24) is 9.78 Å². The fourth-order valence-electron chi connectivity index (χ4n) is 2.68. The highest BCUT2D eigenvalue weighted by atomic mass is 35.5. The molecule has 0 aliphatic rings.